The minimum atomic E-state index is -0.615. The van der Waals surface area contributed by atoms with E-state index in [2.05, 4.69) is 5.32 Å². The molecular formula is C23H29N3O3. The Hall–Kier alpha value is -2.86. The molecule has 0 saturated heterocycles. The molecule has 154 valence electrons. The first-order valence-electron chi connectivity index (χ1n) is 9.91. The molecule has 1 aliphatic heterocycles. The van der Waals surface area contributed by atoms with E-state index in [-0.39, 0.29) is 12.0 Å². The number of ether oxygens (including phenoxy) is 1. The molecule has 6 nitrogen and oxygen atoms in total. The summed E-state index contributed by atoms with van der Waals surface area (Å²) in [6.45, 7) is 6.68. The number of hydrogen-bond acceptors (Lipinski definition) is 4. The molecule has 2 amide bonds. The second kappa shape index (κ2) is 8.66. The number of fused-ring (bicyclic) bond motifs is 1. The van der Waals surface area contributed by atoms with Crippen LogP contribution in [-0.4, -0.2) is 35.1 Å². The lowest BCUT2D eigenvalue weighted by molar-refractivity contribution is -0.117. The van der Waals surface area contributed by atoms with E-state index in [9.17, 15) is 9.59 Å². The summed E-state index contributed by atoms with van der Waals surface area (Å²) < 4.78 is 5.46. The molecular weight excluding hydrogens is 366 g/mol. The molecule has 2 aromatic carbocycles. The fraction of sp³-hybridized carbons (Fsp3) is 0.391. The predicted octanol–water partition coefficient (Wildman–Crippen LogP) is 3.49. The van der Waals surface area contributed by atoms with Crippen LogP contribution in [0, 0.1) is 0 Å². The molecule has 1 heterocycles. The maximum atomic E-state index is 12.5. The molecule has 3 rings (SSSR count). The van der Waals surface area contributed by atoms with Crippen molar-refractivity contribution in [2.45, 2.75) is 51.8 Å². The van der Waals surface area contributed by atoms with Crippen LogP contribution in [-0.2, 0) is 28.9 Å². The first kappa shape index (κ1) is 20.9. The van der Waals surface area contributed by atoms with Gasteiger partial charge in [0.1, 0.15) is 5.60 Å². The second-order valence-corrected chi connectivity index (χ2v) is 8.42. The Labute approximate surface area is 172 Å². The van der Waals surface area contributed by atoms with E-state index in [1.807, 2.05) is 69.3 Å². The van der Waals surface area contributed by atoms with Gasteiger partial charge in [-0.05, 0) is 62.4 Å². The van der Waals surface area contributed by atoms with Crippen molar-refractivity contribution < 1.29 is 14.3 Å². The molecule has 1 atom stereocenters. The zero-order valence-corrected chi connectivity index (χ0v) is 17.3. The molecule has 0 aromatic heterocycles. The quantitative estimate of drug-likeness (QED) is 0.830. The van der Waals surface area contributed by atoms with E-state index in [4.69, 9.17) is 10.5 Å². The van der Waals surface area contributed by atoms with Gasteiger partial charge in [0.2, 0.25) is 5.91 Å². The number of amides is 2. The van der Waals surface area contributed by atoms with Crippen LogP contribution in [0.2, 0.25) is 0 Å². The number of nitrogens with zero attached hydrogens (tertiary/aromatic N) is 1. The molecule has 3 N–H and O–H groups in total. The smallest absolute Gasteiger partial charge is 0.410 e. The first-order valence-corrected chi connectivity index (χ1v) is 9.91. The lowest BCUT2D eigenvalue weighted by Gasteiger charge is -2.31. The van der Waals surface area contributed by atoms with E-state index >= 15 is 0 Å². The van der Waals surface area contributed by atoms with Gasteiger partial charge in [0.15, 0.2) is 0 Å². The Morgan fingerprint density at radius 2 is 1.86 bits per heavy atom. The van der Waals surface area contributed by atoms with Gasteiger partial charge in [0.05, 0.1) is 6.04 Å². The zero-order chi connectivity index (χ0) is 21.0. The molecule has 0 bridgehead atoms. The number of anilines is 1. The third-order valence-electron chi connectivity index (χ3n) is 4.77. The lowest BCUT2D eigenvalue weighted by Crippen LogP contribution is -2.40. The van der Waals surface area contributed by atoms with Crippen molar-refractivity contribution in [1.82, 2.24) is 4.90 Å². The van der Waals surface area contributed by atoms with Crippen molar-refractivity contribution >= 4 is 17.7 Å². The molecule has 0 aliphatic carbocycles. The number of benzene rings is 2. The van der Waals surface area contributed by atoms with Gasteiger partial charge in [-0.15, -0.1) is 0 Å². The van der Waals surface area contributed by atoms with E-state index in [0.29, 0.717) is 25.9 Å². The minimum Gasteiger partial charge on any atom is -0.444 e. The standard InChI is InChI=1S/C23H29N3O3/c1-23(2,3)29-22(28)26-12-11-17-14-19(10-9-18(17)15-26)25-21(27)20(24)13-16-7-5-4-6-8-16/h4-10,14,20H,11-13,15,24H2,1-3H3,(H,25,27)/t20-/m0/s1. The third kappa shape index (κ3) is 5.81. The van der Waals surface area contributed by atoms with Crippen molar-refractivity contribution in [3.05, 3.63) is 65.2 Å². The summed E-state index contributed by atoms with van der Waals surface area (Å²) in [5, 5.41) is 2.91. The summed E-state index contributed by atoms with van der Waals surface area (Å²) >= 11 is 0. The molecule has 1 aliphatic rings. The van der Waals surface area contributed by atoms with Gasteiger partial charge in [-0.1, -0.05) is 36.4 Å². The molecule has 2 aromatic rings. The molecule has 0 saturated carbocycles. The Bertz CT molecular complexity index is 875. The summed E-state index contributed by atoms with van der Waals surface area (Å²) in [4.78, 5) is 26.5. The van der Waals surface area contributed by atoms with Crippen LogP contribution in [0.15, 0.2) is 48.5 Å². The summed E-state index contributed by atoms with van der Waals surface area (Å²) in [5.41, 5.74) is 9.50. The number of nitrogens with two attached hydrogens (primary N) is 1. The molecule has 0 radical (unpaired) electrons. The monoisotopic (exact) mass is 395 g/mol. The van der Waals surface area contributed by atoms with Crippen LogP contribution in [0.25, 0.3) is 0 Å². The van der Waals surface area contributed by atoms with Crippen molar-refractivity contribution in [3.8, 4) is 0 Å². The number of hydrogen-bond donors (Lipinski definition) is 2. The van der Waals surface area contributed by atoms with Crippen LogP contribution >= 0.6 is 0 Å². The first-order chi connectivity index (χ1) is 13.7. The van der Waals surface area contributed by atoms with Crippen LogP contribution in [0.4, 0.5) is 10.5 Å². The van der Waals surface area contributed by atoms with Gasteiger partial charge < -0.3 is 20.7 Å². The van der Waals surface area contributed by atoms with Gasteiger partial charge in [-0.3, -0.25) is 4.79 Å². The lowest BCUT2D eigenvalue weighted by atomic mass is 9.99. The number of nitrogens with one attached hydrogen (secondary N) is 1. The summed E-state index contributed by atoms with van der Waals surface area (Å²) in [5.74, 6) is -0.208. The predicted molar refractivity (Wildman–Crippen MR) is 114 cm³/mol. The van der Waals surface area contributed by atoms with E-state index in [1.54, 1.807) is 4.90 Å². The molecule has 0 unspecified atom stereocenters. The topological polar surface area (TPSA) is 84.7 Å². The average molecular weight is 396 g/mol. The minimum absolute atomic E-state index is 0.208. The van der Waals surface area contributed by atoms with Crippen LogP contribution in [0.1, 0.15) is 37.5 Å². The molecule has 29 heavy (non-hydrogen) atoms. The largest absolute Gasteiger partial charge is 0.444 e. The molecule has 6 heteroatoms. The fourth-order valence-corrected chi connectivity index (χ4v) is 3.31. The van der Waals surface area contributed by atoms with Gasteiger partial charge >= 0.3 is 6.09 Å². The average Bonchev–Trinajstić information content (AvgIpc) is 2.67. The van der Waals surface area contributed by atoms with Crippen molar-refractivity contribution in [1.29, 1.82) is 0 Å². The summed E-state index contributed by atoms with van der Waals surface area (Å²) in [7, 11) is 0. The maximum absolute atomic E-state index is 12.5. The summed E-state index contributed by atoms with van der Waals surface area (Å²) in [6, 6.07) is 14.9. The highest BCUT2D eigenvalue weighted by Crippen LogP contribution is 2.24. The molecule has 0 fully saturated rings. The fourth-order valence-electron chi connectivity index (χ4n) is 3.31. The summed E-state index contributed by atoms with van der Waals surface area (Å²) in [6.07, 6.45) is 0.906. The normalized spacial score (nSPS) is 14.7. The van der Waals surface area contributed by atoms with Crippen LogP contribution in [0.3, 0.4) is 0 Å². The third-order valence-corrected chi connectivity index (χ3v) is 4.77. The van der Waals surface area contributed by atoms with Crippen molar-refractivity contribution in [2.24, 2.45) is 5.73 Å². The van der Waals surface area contributed by atoms with Gasteiger partial charge in [-0.2, -0.15) is 0 Å². The number of carbonyl (C=O) groups excluding carboxylic acids is 2. The SMILES string of the molecule is CC(C)(C)OC(=O)N1CCc2cc(NC(=O)[C@@H](N)Cc3ccccc3)ccc2C1. The van der Waals surface area contributed by atoms with Gasteiger partial charge in [0, 0.05) is 18.8 Å². The Morgan fingerprint density at radius 1 is 1.14 bits per heavy atom. The Balaban J connectivity index is 1.60. The highest BCUT2D eigenvalue weighted by Gasteiger charge is 2.26. The maximum Gasteiger partial charge on any atom is 0.410 e. The van der Waals surface area contributed by atoms with E-state index in [0.717, 1.165) is 22.4 Å². The van der Waals surface area contributed by atoms with E-state index in [1.165, 1.54) is 0 Å². The highest BCUT2D eigenvalue weighted by molar-refractivity contribution is 5.95. The van der Waals surface area contributed by atoms with Crippen molar-refractivity contribution in [3.63, 3.8) is 0 Å². The van der Waals surface area contributed by atoms with Crippen LogP contribution < -0.4 is 11.1 Å². The number of carbonyl (C=O) groups is 2. The van der Waals surface area contributed by atoms with Crippen LogP contribution in [0.5, 0.6) is 0 Å². The molecule has 0 spiro atoms. The Kier molecular flexibility index (Phi) is 6.23. The zero-order valence-electron chi connectivity index (χ0n) is 17.3. The van der Waals surface area contributed by atoms with E-state index < -0.39 is 11.6 Å². The van der Waals surface area contributed by atoms with Crippen molar-refractivity contribution in [2.75, 3.05) is 11.9 Å². The van der Waals surface area contributed by atoms with Gasteiger partial charge in [-0.25, -0.2) is 4.79 Å². The highest BCUT2D eigenvalue weighted by atomic mass is 16.6. The van der Waals surface area contributed by atoms with Gasteiger partial charge in [0.25, 0.3) is 0 Å². The number of rotatable bonds is 4. The Morgan fingerprint density at radius 3 is 2.55 bits per heavy atom. The second-order valence-electron chi connectivity index (χ2n) is 8.42.